The SMILES string of the molecule is CC(C)c1cnc2c(c1)=NCN=2. The van der Waals surface area contributed by atoms with E-state index in [1.54, 1.807) is 0 Å². The fraction of sp³-hybridized carbons (Fsp3) is 0.444. The molecule has 0 saturated heterocycles. The normalized spacial score (nSPS) is 13.9. The summed E-state index contributed by atoms with van der Waals surface area (Å²) in [5, 5.41) is 0.946. The maximum Gasteiger partial charge on any atom is 0.175 e. The zero-order valence-electron chi connectivity index (χ0n) is 7.28. The van der Waals surface area contributed by atoms with Crippen molar-refractivity contribution in [2.24, 2.45) is 9.98 Å². The summed E-state index contributed by atoms with van der Waals surface area (Å²) in [6, 6.07) is 2.07. The van der Waals surface area contributed by atoms with Crippen LogP contribution >= 0.6 is 0 Å². The molecule has 0 radical (unpaired) electrons. The highest BCUT2D eigenvalue weighted by molar-refractivity contribution is 5.12. The predicted molar refractivity (Wildman–Crippen MR) is 45.5 cm³/mol. The highest BCUT2D eigenvalue weighted by Gasteiger charge is 2.02. The van der Waals surface area contributed by atoms with E-state index < -0.39 is 0 Å². The zero-order valence-corrected chi connectivity index (χ0v) is 7.28. The zero-order chi connectivity index (χ0) is 8.55. The van der Waals surface area contributed by atoms with Gasteiger partial charge in [-0.05, 0) is 17.5 Å². The van der Waals surface area contributed by atoms with E-state index in [0.717, 1.165) is 10.8 Å². The van der Waals surface area contributed by atoms with Crippen LogP contribution in [0.1, 0.15) is 25.3 Å². The summed E-state index contributed by atoms with van der Waals surface area (Å²) in [7, 11) is 0. The summed E-state index contributed by atoms with van der Waals surface area (Å²) in [6.07, 6.45) is 1.88. The van der Waals surface area contributed by atoms with Gasteiger partial charge in [0.2, 0.25) is 0 Å². The van der Waals surface area contributed by atoms with Gasteiger partial charge in [-0.2, -0.15) is 0 Å². The molecule has 1 aromatic heterocycles. The van der Waals surface area contributed by atoms with Gasteiger partial charge in [0, 0.05) is 6.20 Å². The second-order valence-corrected chi connectivity index (χ2v) is 3.22. The molecule has 0 amide bonds. The van der Waals surface area contributed by atoms with Crippen LogP contribution in [0.15, 0.2) is 22.2 Å². The molecule has 0 saturated carbocycles. The first-order chi connectivity index (χ1) is 5.77. The fourth-order valence-corrected chi connectivity index (χ4v) is 1.19. The van der Waals surface area contributed by atoms with E-state index in [-0.39, 0.29) is 0 Å². The van der Waals surface area contributed by atoms with E-state index in [1.807, 2.05) is 6.20 Å². The lowest BCUT2D eigenvalue weighted by Crippen LogP contribution is -2.25. The summed E-state index contributed by atoms with van der Waals surface area (Å²) in [4.78, 5) is 12.6. The molecular formula is C9H11N3. The first kappa shape index (κ1) is 7.40. The first-order valence-corrected chi connectivity index (χ1v) is 4.12. The quantitative estimate of drug-likeness (QED) is 0.588. The number of fused-ring (bicyclic) bond motifs is 1. The Hall–Kier alpha value is -1.25. The molecule has 1 aromatic rings. The van der Waals surface area contributed by atoms with E-state index in [2.05, 4.69) is 34.9 Å². The van der Waals surface area contributed by atoms with Gasteiger partial charge in [0.15, 0.2) is 5.49 Å². The molecule has 2 rings (SSSR count). The van der Waals surface area contributed by atoms with Crippen molar-refractivity contribution < 1.29 is 0 Å². The van der Waals surface area contributed by atoms with Gasteiger partial charge in [-0.3, -0.25) is 4.99 Å². The number of aromatic nitrogens is 1. The Labute approximate surface area is 70.9 Å². The number of hydrogen-bond acceptors (Lipinski definition) is 3. The lowest BCUT2D eigenvalue weighted by atomic mass is 10.1. The minimum atomic E-state index is 0.513. The average Bonchev–Trinajstić information content (AvgIpc) is 2.49. The van der Waals surface area contributed by atoms with Crippen LogP contribution in [0.3, 0.4) is 0 Å². The molecule has 0 aliphatic carbocycles. The molecule has 2 heterocycles. The van der Waals surface area contributed by atoms with E-state index in [1.165, 1.54) is 5.56 Å². The first-order valence-electron chi connectivity index (χ1n) is 4.12. The monoisotopic (exact) mass is 161 g/mol. The highest BCUT2D eigenvalue weighted by Crippen LogP contribution is 2.08. The molecule has 0 fully saturated rings. The largest absolute Gasteiger partial charge is 0.258 e. The van der Waals surface area contributed by atoms with Crippen LogP contribution in [0.5, 0.6) is 0 Å². The van der Waals surface area contributed by atoms with Crippen LogP contribution in [-0.4, -0.2) is 11.7 Å². The van der Waals surface area contributed by atoms with Crippen molar-refractivity contribution in [3.8, 4) is 0 Å². The molecule has 0 spiro atoms. The standard InChI is InChI=1S/C9H11N3/c1-6(2)7-3-8-9(10-4-7)12-5-11-8/h3-4,6H,5H2,1-2H3. The fourth-order valence-electron chi connectivity index (χ4n) is 1.19. The van der Waals surface area contributed by atoms with Crippen molar-refractivity contribution >= 4 is 0 Å². The van der Waals surface area contributed by atoms with Crippen molar-refractivity contribution in [3.05, 3.63) is 28.7 Å². The Balaban J connectivity index is 2.62. The van der Waals surface area contributed by atoms with Crippen molar-refractivity contribution in [2.75, 3.05) is 6.67 Å². The molecule has 3 heteroatoms. The van der Waals surface area contributed by atoms with Gasteiger partial charge >= 0.3 is 0 Å². The van der Waals surface area contributed by atoms with Crippen molar-refractivity contribution in [1.29, 1.82) is 0 Å². The van der Waals surface area contributed by atoms with Gasteiger partial charge in [-0.15, -0.1) is 0 Å². The maximum absolute atomic E-state index is 4.22. The van der Waals surface area contributed by atoms with Gasteiger partial charge in [-0.1, -0.05) is 13.8 Å². The lowest BCUT2D eigenvalue weighted by molar-refractivity contribution is 0.850. The Morgan fingerprint density at radius 1 is 1.33 bits per heavy atom. The van der Waals surface area contributed by atoms with Crippen LogP contribution in [0.25, 0.3) is 0 Å². The number of nitrogens with zero attached hydrogens (tertiary/aromatic N) is 3. The molecule has 0 atom stereocenters. The third-order valence-electron chi connectivity index (χ3n) is 2.00. The van der Waals surface area contributed by atoms with Crippen LogP contribution in [0.4, 0.5) is 0 Å². The molecule has 0 unspecified atom stereocenters. The van der Waals surface area contributed by atoms with E-state index in [4.69, 9.17) is 0 Å². The second kappa shape index (κ2) is 2.66. The molecule has 12 heavy (non-hydrogen) atoms. The van der Waals surface area contributed by atoms with E-state index >= 15 is 0 Å². The van der Waals surface area contributed by atoms with Gasteiger partial charge in [0.25, 0.3) is 0 Å². The van der Waals surface area contributed by atoms with Gasteiger partial charge in [0.05, 0.1) is 0 Å². The van der Waals surface area contributed by atoms with Crippen molar-refractivity contribution in [2.45, 2.75) is 19.8 Å². The summed E-state index contributed by atoms with van der Waals surface area (Å²) in [6.45, 7) is 4.84. The van der Waals surface area contributed by atoms with Crippen LogP contribution in [-0.2, 0) is 0 Å². The Morgan fingerprint density at radius 3 is 2.92 bits per heavy atom. The summed E-state index contributed by atoms with van der Waals surface area (Å²) >= 11 is 0. The molecule has 1 aliphatic rings. The van der Waals surface area contributed by atoms with Gasteiger partial charge in [-0.25, -0.2) is 9.98 Å². The average molecular weight is 161 g/mol. The van der Waals surface area contributed by atoms with E-state index in [9.17, 15) is 0 Å². The summed E-state index contributed by atoms with van der Waals surface area (Å²) in [5.41, 5.74) is 2.02. The predicted octanol–water partition coefficient (Wildman–Crippen LogP) is 0.415. The number of pyridine rings is 1. The van der Waals surface area contributed by atoms with Crippen LogP contribution in [0, 0.1) is 0 Å². The summed E-state index contributed by atoms with van der Waals surface area (Å²) in [5.74, 6) is 0.513. The van der Waals surface area contributed by atoms with Gasteiger partial charge < -0.3 is 0 Å². The van der Waals surface area contributed by atoms with Crippen molar-refractivity contribution in [3.63, 3.8) is 0 Å². The number of rotatable bonds is 1. The number of hydrogen-bond donors (Lipinski definition) is 0. The Morgan fingerprint density at radius 2 is 2.17 bits per heavy atom. The van der Waals surface area contributed by atoms with Gasteiger partial charge in [0.1, 0.15) is 12.0 Å². The molecule has 3 nitrogen and oxygen atoms in total. The molecule has 0 bridgehead atoms. The van der Waals surface area contributed by atoms with E-state index in [0.29, 0.717) is 12.6 Å². The minimum absolute atomic E-state index is 0.513. The molecular weight excluding hydrogens is 150 g/mol. The molecule has 62 valence electrons. The van der Waals surface area contributed by atoms with Crippen molar-refractivity contribution in [1.82, 2.24) is 4.98 Å². The minimum Gasteiger partial charge on any atom is -0.258 e. The molecule has 0 aromatic carbocycles. The van der Waals surface area contributed by atoms with Crippen LogP contribution < -0.4 is 10.8 Å². The Bertz CT molecular complexity index is 406. The highest BCUT2D eigenvalue weighted by atomic mass is 15.0. The topological polar surface area (TPSA) is 37.6 Å². The third kappa shape index (κ3) is 1.11. The summed E-state index contributed by atoms with van der Waals surface area (Å²) < 4.78 is 0. The third-order valence-corrected chi connectivity index (χ3v) is 2.00. The smallest absolute Gasteiger partial charge is 0.175 e. The molecule has 0 N–H and O–H groups in total. The molecule has 1 aliphatic heterocycles. The lowest BCUT2D eigenvalue weighted by Gasteiger charge is -2.01. The Kier molecular flexibility index (Phi) is 1.64. The second-order valence-electron chi connectivity index (χ2n) is 3.22. The van der Waals surface area contributed by atoms with Crippen LogP contribution in [0.2, 0.25) is 0 Å². The maximum atomic E-state index is 4.22.